The summed E-state index contributed by atoms with van der Waals surface area (Å²) in [5.74, 6) is 2.90. The molecule has 3 saturated heterocycles. The number of carbonyl (C=O) groups is 1. The molecule has 1 amide bonds. The summed E-state index contributed by atoms with van der Waals surface area (Å²) in [6.45, 7) is 7.72. The molecule has 0 spiro atoms. The molecular weight excluding hydrogens is 310 g/mol. The van der Waals surface area contributed by atoms with Crippen LogP contribution in [0.3, 0.4) is 0 Å². The fraction of sp³-hybridized carbons (Fsp3) is 0.941. The monoisotopic (exact) mass is 341 g/mol. The minimum absolute atomic E-state index is 0.212. The van der Waals surface area contributed by atoms with Crippen molar-refractivity contribution in [3.8, 4) is 0 Å². The van der Waals surface area contributed by atoms with E-state index >= 15 is 0 Å². The molecule has 3 heterocycles. The van der Waals surface area contributed by atoms with Crippen LogP contribution >= 0.6 is 11.8 Å². The highest BCUT2D eigenvalue weighted by Gasteiger charge is 2.33. The summed E-state index contributed by atoms with van der Waals surface area (Å²) < 4.78 is 5.46. The second-order valence-electron chi connectivity index (χ2n) is 7.13. The largest absolute Gasteiger partial charge is 0.379 e. The van der Waals surface area contributed by atoms with Crippen molar-refractivity contribution >= 4 is 17.7 Å². The Kier molecular flexibility index (Phi) is 6.62. The summed E-state index contributed by atoms with van der Waals surface area (Å²) in [7, 11) is 2.14. The molecule has 3 aliphatic heterocycles. The number of amides is 1. The molecule has 0 aliphatic carbocycles. The molecule has 2 atom stereocenters. The first kappa shape index (κ1) is 17.5. The molecule has 0 aromatic carbocycles. The number of ether oxygens (including phenoxy) is 1. The smallest absolute Gasteiger partial charge is 0.227 e. The molecule has 132 valence electrons. The van der Waals surface area contributed by atoms with Crippen LogP contribution in [0.5, 0.6) is 0 Å². The number of carbonyl (C=O) groups excluding carboxylic acids is 1. The van der Waals surface area contributed by atoms with Gasteiger partial charge in [-0.05, 0) is 38.6 Å². The van der Waals surface area contributed by atoms with E-state index in [4.69, 9.17) is 4.74 Å². The molecule has 5 nitrogen and oxygen atoms in total. The Labute approximate surface area is 144 Å². The molecule has 23 heavy (non-hydrogen) atoms. The normalized spacial score (nSPS) is 31.8. The Hall–Kier alpha value is -0.300. The standard InChI is InChI=1S/C17H31N3O2S/c1-18-5-2-4-15(12-18)17(21)20-6-3-11-23-14-16(20)13-19-7-9-22-10-8-19/h15-16H,2-14H2,1H3. The Morgan fingerprint density at radius 3 is 2.78 bits per heavy atom. The highest BCUT2D eigenvalue weighted by Crippen LogP contribution is 2.23. The Morgan fingerprint density at radius 2 is 2.00 bits per heavy atom. The van der Waals surface area contributed by atoms with E-state index in [1.807, 2.05) is 11.8 Å². The highest BCUT2D eigenvalue weighted by atomic mass is 32.2. The molecule has 3 rings (SSSR count). The van der Waals surface area contributed by atoms with Crippen molar-refractivity contribution < 1.29 is 9.53 Å². The minimum atomic E-state index is 0.212. The zero-order valence-corrected chi connectivity index (χ0v) is 15.2. The van der Waals surface area contributed by atoms with E-state index in [0.29, 0.717) is 11.9 Å². The summed E-state index contributed by atoms with van der Waals surface area (Å²) in [6.07, 6.45) is 3.36. The zero-order valence-electron chi connectivity index (χ0n) is 14.4. The van der Waals surface area contributed by atoms with E-state index in [1.165, 1.54) is 5.75 Å². The third-order valence-electron chi connectivity index (χ3n) is 5.27. The van der Waals surface area contributed by atoms with Crippen LogP contribution in [-0.2, 0) is 9.53 Å². The van der Waals surface area contributed by atoms with Crippen molar-refractivity contribution in [1.82, 2.24) is 14.7 Å². The quantitative estimate of drug-likeness (QED) is 0.765. The maximum absolute atomic E-state index is 13.2. The molecule has 3 aliphatic rings. The summed E-state index contributed by atoms with van der Waals surface area (Å²) in [5.41, 5.74) is 0. The maximum Gasteiger partial charge on any atom is 0.227 e. The second kappa shape index (κ2) is 8.70. The van der Waals surface area contributed by atoms with E-state index in [9.17, 15) is 4.79 Å². The number of nitrogens with zero attached hydrogens (tertiary/aromatic N) is 3. The fourth-order valence-corrected chi connectivity index (χ4v) is 5.01. The highest BCUT2D eigenvalue weighted by molar-refractivity contribution is 7.99. The van der Waals surface area contributed by atoms with Crippen LogP contribution in [0.25, 0.3) is 0 Å². The van der Waals surface area contributed by atoms with E-state index in [1.54, 1.807) is 0 Å². The molecule has 3 fully saturated rings. The average Bonchev–Trinajstić information content (AvgIpc) is 2.81. The van der Waals surface area contributed by atoms with Crippen LogP contribution in [0.4, 0.5) is 0 Å². The molecule has 0 saturated carbocycles. The van der Waals surface area contributed by atoms with Gasteiger partial charge in [-0.1, -0.05) is 0 Å². The van der Waals surface area contributed by atoms with Crippen LogP contribution in [0.15, 0.2) is 0 Å². The van der Waals surface area contributed by atoms with Gasteiger partial charge in [0.15, 0.2) is 0 Å². The van der Waals surface area contributed by atoms with Crippen molar-refractivity contribution in [2.24, 2.45) is 5.92 Å². The molecule has 0 bridgehead atoms. The minimum Gasteiger partial charge on any atom is -0.379 e. The Morgan fingerprint density at radius 1 is 1.17 bits per heavy atom. The van der Waals surface area contributed by atoms with Crippen molar-refractivity contribution in [3.63, 3.8) is 0 Å². The van der Waals surface area contributed by atoms with E-state index < -0.39 is 0 Å². The first-order chi connectivity index (χ1) is 11.2. The van der Waals surface area contributed by atoms with Crippen molar-refractivity contribution in [3.05, 3.63) is 0 Å². The van der Waals surface area contributed by atoms with Crippen LogP contribution in [0.2, 0.25) is 0 Å². The predicted molar refractivity (Wildman–Crippen MR) is 94.9 cm³/mol. The van der Waals surface area contributed by atoms with Crippen molar-refractivity contribution in [2.75, 3.05) is 71.0 Å². The molecule has 0 N–H and O–H groups in total. The number of piperidine rings is 1. The average molecular weight is 342 g/mol. The van der Waals surface area contributed by atoms with Crippen molar-refractivity contribution in [1.29, 1.82) is 0 Å². The number of hydrogen-bond acceptors (Lipinski definition) is 5. The fourth-order valence-electron chi connectivity index (χ4n) is 3.95. The summed E-state index contributed by atoms with van der Waals surface area (Å²) in [4.78, 5) is 20.2. The van der Waals surface area contributed by atoms with Crippen LogP contribution in [0, 0.1) is 5.92 Å². The van der Waals surface area contributed by atoms with Gasteiger partial charge in [-0.15, -0.1) is 0 Å². The lowest BCUT2D eigenvalue weighted by molar-refractivity contribution is -0.139. The van der Waals surface area contributed by atoms with E-state index in [2.05, 4.69) is 21.7 Å². The molecule has 6 heteroatoms. The predicted octanol–water partition coefficient (Wildman–Crippen LogP) is 0.995. The Bertz CT molecular complexity index is 390. The van der Waals surface area contributed by atoms with Crippen molar-refractivity contribution in [2.45, 2.75) is 25.3 Å². The SMILES string of the molecule is CN1CCCC(C(=O)N2CCCSCC2CN2CCOCC2)C1. The van der Waals surface area contributed by atoms with Gasteiger partial charge in [0, 0.05) is 38.5 Å². The Balaban J connectivity index is 1.63. The van der Waals surface area contributed by atoms with E-state index in [-0.39, 0.29) is 5.92 Å². The van der Waals surface area contributed by atoms with Crippen LogP contribution < -0.4 is 0 Å². The van der Waals surface area contributed by atoms with Gasteiger partial charge in [0.2, 0.25) is 5.91 Å². The van der Waals surface area contributed by atoms with Gasteiger partial charge in [0.25, 0.3) is 0 Å². The van der Waals surface area contributed by atoms with Gasteiger partial charge >= 0.3 is 0 Å². The maximum atomic E-state index is 13.2. The third-order valence-corrected chi connectivity index (χ3v) is 6.47. The van der Waals surface area contributed by atoms with Gasteiger partial charge < -0.3 is 14.5 Å². The lowest BCUT2D eigenvalue weighted by Gasteiger charge is -2.39. The molecule has 2 unspecified atom stereocenters. The number of likely N-dealkylation sites (tertiary alicyclic amines) is 1. The molecule has 0 aromatic heterocycles. The molecular formula is C17H31N3O2S. The van der Waals surface area contributed by atoms with Crippen LogP contribution in [0.1, 0.15) is 19.3 Å². The van der Waals surface area contributed by atoms with Crippen LogP contribution in [-0.4, -0.2) is 97.7 Å². The summed E-state index contributed by atoms with van der Waals surface area (Å²) in [5, 5.41) is 0. The van der Waals surface area contributed by atoms with E-state index in [0.717, 1.165) is 77.5 Å². The number of morpholine rings is 1. The van der Waals surface area contributed by atoms with Gasteiger partial charge in [-0.3, -0.25) is 9.69 Å². The molecule has 0 radical (unpaired) electrons. The van der Waals surface area contributed by atoms with Gasteiger partial charge in [0.1, 0.15) is 0 Å². The summed E-state index contributed by atoms with van der Waals surface area (Å²) >= 11 is 2.02. The third kappa shape index (κ3) is 4.84. The second-order valence-corrected chi connectivity index (χ2v) is 8.28. The molecule has 0 aromatic rings. The van der Waals surface area contributed by atoms with Gasteiger partial charge in [-0.2, -0.15) is 11.8 Å². The van der Waals surface area contributed by atoms with Gasteiger partial charge in [-0.25, -0.2) is 0 Å². The summed E-state index contributed by atoms with van der Waals surface area (Å²) in [6, 6.07) is 0.375. The number of hydrogen-bond donors (Lipinski definition) is 0. The zero-order chi connectivity index (χ0) is 16.1. The lowest BCUT2D eigenvalue weighted by atomic mass is 9.96. The number of thioether (sulfide) groups is 1. The van der Waals surface area contributed by atoms with Gasteiger partial charge in [0.05, 0.1) is 25.2 Å². The first-order valence-corrected chi connectivity index (χ1v) is 10.3. The topological polar surface area (TPSA) is 36.0 Å². The number of rotatable bonds is 3. The lowest BCUT2D eigenvalue weighted by Crippen LogP contribution is -2.53. The first-order valence-electron chi connectivity index (χ1n) is 9.11.